The zero-order chi connectivity index (χ0) is 16.2. The third-order valence-corrected chi connectivity index (χ3v) is 4.08. The molecule has 1 heterocycles. The van der Waals surface area contributed by atoms with Gasteiger partial charge < -0.3 is 5.11 Å². The van der Waals surface area contributed by atoms with Gasteiger partial charge in [-0.2, -0.15) is 0 Å². The molecule has 22 heavy (non-hydrogen) atoms. The number of rotatable bonds is 2. The molecule has 0 aliphatic carbocycles. The highest BCUT2D eigenvalue weighted by atomic mass is 16.4. The van der Waals surface area contributed by atoms with Gasteiger partial charge in [0.2, 0.25) is 0 Å². The maximum atomic E-state index is 12.4. The van der Waals surface area contributed by atoms with Gasteiger partial charge in [-0.25, -0.2) is 4.79 Å². The first-order valence-electron chi connectivity index (χ1n) is 6.99. The van der Waals surface area contributed by atoms with E-state index < -0.39 is 5.97 Å². The van der Waals surface area contributed by atoms with Gasteiger partial charge in [-0.3, -0.25) is 14.5 Å². The highest BCUT2D eigenvalue weighted by Crippen LogP contribution is 2.36. The normalized spacial score (nSPS) is 14.1. The van der Waals surface area contributed by atoms with E-state index in [1.165, 1.54) is 13.1 Å². The SMILES string of the molecule is CC(C)c1cc2cc(C(=O)O)ccc2c2c1C(=O)N(C)C2=O. The summed E-state index contributed by atoms with van der Waals surface area (Å²) in [6, 6.07) is 6.41. The molecule has 5 nitrogen and oxygen atoms in total. The summed E-state index contributed by atoms with van der Waals surface area (Å²) in [6.07, 6.45) is 0. The second kappa shape index (κ2) is 4.66. The minimum absolute atomic E-state index is 0.0508. The molecule has 0 saturated heterocycles. The Kier molecular flexibility index (Phi) is 3.02. The second-order valence-corrected chi connectivity index (χ2v) is 5.78. The molecule has 0 bridgehead atoms. The average Bonchev–Trinajstić information content (AvgIpc) is 2.70. The summed E-state index contributed by atoms with van der Waals surface area (Å²) < 4.78 is 0. The number of aromatic carboxylic acids is 1. The summed E-state index contributed by atoms with van der Waals surface area (Å²) >= 11 is 0. The van der Waals surface area contributed by atoms with E-state index in [-0.39, 0.29) is 23.3 Å². The van der Waals surface area contributed by atoms with Crippen LogP contribution in [0, 0.1) is 0 Å². The van der Waals surface area contributed by atoms with Crippen molar-refractivity contribution in [2.75, 3.05) is 7.05 Å². The summed E-state index contributed by atoms with van der Waals surface area (Å²) in [5.41, 5.74) is 1.75. The quantitative estimate of drug-likeness (QED) is 0.865. The third kappa shape index (κ3) is 1.82. The van der Waals surface area contributed by atoms with Crippen LogP contribution in [0.1, 0.15) is 56.4 Å². The van der Waals surface area contributed by atoms with Gasteiger partial charge in [-0.05, 0) is 34.4 Å². The molecule has 2 aromatic carbocycles. The number of carbonyl (C=O) groups is 3. The van der Waals surface area contributed by atoms with Gasteiger partial charge in [0, 0.05) is 7.05 Å². The fraction of sp³-hybridized carbons (Fsp3) is 0.235. The second-order valence-electron chi connectivity index (χ2n) is 5.78. The molecule has 1 N–H and O–H groups in total. The Morgan fingerprint density at radius 2 is 1.73 bits per heavy atom. The van der Waals surface area contributed by atoms with Crippen LogP contribution in [0.2, 0.25) is 0 Å². The van der Waals surface area contributed by atoms with E-state index in [0.29, 0.717) is 21.9 Å². The Bertz CT molecular complexity index is 851. The number of amides is 2. The van der Waals surface area contributed by atoms with Crippen molar-refractivity contribution in [3.63, 3.8) is 0 Å². The molecule has 2 amide bonds. The number of carbonyl (C=O) groups excluding carboxylic acids is 2. The Labute approximate surface area is 127 Å². The smallest absolute Gasteiger partial charge is 0.335 e. The lowest BCUT2D eigenvalue weighted by Gasteiger charge is -2.13. The average molecular weight is 297 g/mol. The summed E-state index contributed by atoms with van der Waals surface area (Å²) in [4.78, 5) is 37.0. The van der Waals surface area contributed by atoms with Crippen LogP contribution < -0.4 is 0 Å². The van der Waals surface area contributed by atoms with Crippen molar-refractivity contribution in [3.8, 4) is 0 Å². The van der Waals surface area contributed by atoms with E-state index in [2.05, 4.69) is 0 Å². The van der Waals surface area contributed by atoms with Crippen molar-refractivity contribution in [3.05, 3.63) is 46.5 Å². The van der Waals surface area contributed by atoms with Crippen molar-refractivity contribution in [1.29, 1.82) is 0 Å². The lowest BCUT2D eigenvalue weighted by Crippen LogP contribution is -2.24. The molecule has 1 aliphatic rings. The van der Waals surface area contributed by atoms with Crippen LogP contribution in [0.5, 0.6) is 0 Å². The number of hydrogen-bond acceptors (Lipinski definition) is 3. The number of imide groups is 1. The minimum Gasteiger partial charge on any atom is -0.478 e. The number of nitrogens with zero attached hydrogens (tertiary/aromatic N) is 1. The number of fused-ring (bicyclic) bond motifs is 3. The molecule has 0 aromatic heterocycles. The summed E-state index contributed by atoms with van der Waals surface area (Å²) in [5.74, 6) is -1.61. The zero-order valence-corrected chi connectivity index (χ0v) is 12.5. The fourth-order valence-electron chi connectivity index (χ4n) is 2.90. The highest BCUT2D eigenvalue weighted by Gasteiger charge is 2.37. The van der Waals surface area contributed by atoms with Crippen molar-refractivity contribution in [1.82, 2.24) is 4.90 Å². The van der Waals surface area contributed by atoms with Crippen molar-refractivity contribution < 1.29 is 19.5 Å². The Balaban J connectivity index is 2.44. The Morgan fingerprint density at radius 3 is 2.32 bits per heavy atom. The van der Waals surface area contributed by atoms with Gasteiger partial charge in [0.15, 0.2) is 0 Å². The number of hydrogen-bond donors (Lipinski definition) is 1. The van der Waals surface area contributed by atoms with Crippen molar-refractivity contribution in [2.24, 2.45) is 0 Å². The lowest BCUT2D eigenvalue weighted by molar-refractivity contribution is 0.0682. The predicted octanol–water partition coefficient (Wildman–Crippen LogP) is 2.89. The van der Waals surface area contributed by atoms with Gasteiger partial charge in [-0.1, -0.05) is 26.0 Å². The van der Waals surface area contributed by atoms with Crippen LogP contribution in [0.4, 0.5) is 0 Å². The molecule has 0 spiro atoms. The number of benzene rings is 2. The van der Waals surface area contributed by atoms with Crippen LogP contribution in [0.25, 0.3) is 10.8 Å². The molecule has 112 valence electrons. The summed E-state index contributed by atoms with van der Waals surface area (Å²) in [5, 5.41) is 10.4. The van der Waals surface area contributed by atoms with Crippen molar-refractivity contribution >= 4 is 28.6 Å². The van der Waals surface area contributed by atoms with Crippen LogP contribution in [-0.2, 0) is 0 Å². The minimum atomic E-state index is -1.02. The van der Waals surface area contributed by atoms with E-state index in [4.69, 9.17) is 5.11 Å². The van der Waals surface area contributed by atoms with Crippen LogP contribution in [0.3, 0.4) is 0 Å². The molecule has 1 aliphatic heterocycles. The molecule has 0 atom stereocenters. The summed E-state index contributed by atoms with van der Waals surface area (Å²) in [6.45, 7) is 3.89. The molecular weight excluding hydrogens is 282 g/mol. The molecule has 0 unspecified atom stereocenters. The lowest BCUT2D eigenvalue weighted by atomic mass is 9.89. The van der Waals surface area contributed by atoms with Crippen LogP contribution >= 0.6 is 0 Å². The van der Waals surface area contributed by atoms with E-state index >= 15 is 0 Å². The zero-order valence-electron chi connectivity index (χ0n) is 12.5. The maximum absolute atomic E-state index is 12.4. The number of carboxylic acids is 1. The topological polar surface area (TPSA) is 74.7 Å². The molecule has 2 aromatic rings. The molecule has 0 radical (unpaired) electrons. The standard InChI is InChI=1S/C17H15NO4/c1-8(2)12-7-10-6-9(17(21)22)4-5-11(10)13-14(12)16(20)18(3)15(13)19/h4-8H,1-3H3,(H,21,22). The number of carboxylic acid groups (broad SMARTS) is 1. The maximum Gasteiger partial charge on any atom is 0.335 e. The molecular formula is C17H15NO4. The molecule has 5 heteroatoms. The van der Waals surface area contributed by atoms with Gasteiger partial charge >= 0.3 is 5.97 Å². The van der Waals surface area contributed by atoms with E-state index in [1.54, 1.807) is 12.1 Å². The van der Waals surface area contributed by atoms with E-state index in [0.717, 1.165) is 10.5 Å². The highest BCUT2D eigenvalue weighted by molar-refractivity contribution is 6.27. The first-order valence-corrected chi connectivity index (χ1v) is 6.99. The molecule has 3 rings (SSSR count). The molecule has 0 saturated carbocycles. The Morgan fingerprint density at radius 1 is 1.09 bits per heavy atom. The van der Waals surface area contributed by atoms with Gasteiger partial charge in [0.05, 0.1) is 16.7 Å². The van der Waals surface area contributed by atoms with Gasteiger partial charge in [0.1, 0.15) is 0 Å². The first kappa shape index (κ1) is 14.3. The van der Waals surface area contributed by atoms with Crippen molar-refractivity contribution in [2.45, 2.75) is 19.8 Å². The fourth-order valence-corrected chi connectivity index (χ4v) is 2.90. The predicted molar refractivity (Wildman–Crippen MR) is 81.4 cm³/mol. The molecule has 0 fully saturated rings. The first-order chi connectivity index (χ1) is 10.3. The summed E-state index contributed by atoms with van der Waals surface area (Å²) in [7, 11) is 1.46. The monoisotopic (exact) mass is 297 g/mol. The Hall–Kier alpha value is -2.69. The van der Waals surface area contributed by atoms with Crippen LogP contribution in [0.15, 0.2) is 24.3 Å². The van der Waals surface area contributed by atoms with E-state index in [1.807, 2.05) is 19.9 Å². The third-order valence-electron chi connectivity index (χ3n) is 4.08. The van der Waals surface area contributed by atoms with Crippen LogP contribution in [-0.4, -0.2) is 34.8 Å². The van der Waals surface area contributed by atoms with Gasteiger partial charge in [-0.15, -0.1) is 0 Å². The largest absolute Gasteiger partial charge is 0.478 e. The van der Waals surface area contributed by atoms with E-state index in [9.17, 15) is 14.4 Å². The van der Waals surface area contributed by atoms with Gasteiger partial charge in [0.25, 0.3) is 11.8 Å².